The van der Waals surface area contributed by atoms with Crippen molar-refractivity contribution in [3.8, 4) is 0 Å². The smallest absolute Gasteiger partial charge is 0.261 e. The molecule has 0 unspecified atom stereocenters. The van der Waals surface area contributed by atoms with Crippen LogP contribution >= 0.6 is 0 Å². The maximum Gasteiger partial charge on any atom is 0.261 e. The molecule has 4 heteroatoms. The van der Waals surface area contributed by atoms with Crippen LogP contribution in [0.4, 0.5) is 4.39 Å². The van der Waals surface area contributed by atoms with E-state index in [1.165, 1.54) is 17.0 Å². The molecule has 0 saturated carbocycles. The summed E-state index contributed by atoms with van der Waals surface area (Å²) in [5.41, 5.74) is 0.485. The molecule has 3 nitrogen and oxygen atoms in total. The Morgan fingerprint density at radius 2 is 1.82 bits per heavy atom. The number of rotatable bonds is 3. The topological polar surface area (TPSA) is 37.4 Å². The van der Waals surface area contributed by atoms with Gasteiger partial charge in [0.05, 0.1) is 11.1 Å². The van der Waals surface area contributed by atoms with Crippen molar-refractivity contribution in [3.63, 3.8) is 0 Å². The maximum atomic E-state index is 13.0. The highest BCUT2D eigenvalue weighted by Gasteiger charge is 2.35. The minimum absolute atomic E-state index is 0.179. The molecule has 90 valence electrons. The summed E-state index contributed by atoms with van der Waals surface area (Å²) in [7, 11) is 0. The van der Waals surface area contributed by atoms with Crippen LogP contribution in [0.2, 0.25) is 0 Å². The molecule has 0 fully saturated rings. The van der Waals surface area contributed by atoms with E-state index in [0.29, 0.717) is 18.0 Å². The standard InChI is InChI=1S/C13H14FNO2/c1-8(2)5-6-15-12(16)10-4-3-9(14)7-11(10)13(15)17/h3-4,7-8H,5-6H2,1-2H3. The van der Waals surface area contributed by atoms with Crippen LogP contribution in [0.3, 0.4) is 0 Å². The normalized spacial score (nSPS) is 14.7. The number of halogens is 1. The Morgan fingerprint density at radius 1 is 1.18 bits per heavy atom. The molecule has 0 spiro atoms. The molecule has 0 aliphatic carbocycles. The summed E-state index contributed by atoms with van der Waals surface area (Å²) in [6.07, 6.45) is 0.758. The fourth-order valence-corrected chi connectivity index (χ4v) is 1.85. The minimum Gasteiger partial charge on any atom is -0.274 e. The second-order valence-corrected chi connectivity index (χ2v) is 4.63. The molecule has 0 atom stereocenters. The summed E-state index contributed by atoms with van der Waals surface area (Å²) in [5, 5.41) is 0. The van der Waals surface area contributed by atoms with Crippen LogP contribution in [0.5, 0.6) is 0 Å². The fourth-order valence-electron chi connectivity index (χ4n) is 1.85. The van der Waals surface area contributed by atoms with E-state index in [9.17, 15) is 14.0 Å². The predicted octanol–water partition coefficient (Wildman–Crippen LogP) is 2.47. The third-order valence-electron chi connectivity index (χ3n) is 2.86. The zero-order valence-electron chi connectivity index (χ0n) is 9.87. The van der Waals surface area contributed by atoms with Gasteiger partial charge >= 0.3 is 0 Å². The zero-order chi connectivity index (χ0) is 12.6. The van der Waals surface area contributed by atoms with E-state index in [1.807, 2.05) is 13.8 Å². The van der Waals surface area contributed by atoms with Crippen molar-refractivity contribution in [1.82, 2.24) is 4.90 Å². The first kappa shape index (κ1) is 11.8. The van der Waals surface area contributed by atoms with E-state index in [4.69, 9.17) is 0 Å². The van der Waals surface area contributed by atoms with Crippen LogP contribution in [-0.2, 0) is 0 Å². The monoisotopic (exact) mass is 235 g/mol. The third kappa shape index (κ3) is 2.07. The number of benzene rings is 1. The van der Waals surface area contributed by atoms with Crippen molar-refractivity contribution in [2.75, 3.05) is 6.54 Å². The number of hydrogen-bond acceptors (Lipinski definition) is 2. The van der Waals surface area contributed by atoms with Gasteiger partial charge in [0, 0.05) is 6.54 Å². The van der Waals surface area contributed by atoms with E-state index in [-0.39, 0.29) is 17.4 Å². The van der Waals surface area contributed by atoms with Crippen molar-refractivity contribution in [1.29, 1.82) is 0 Å². The molecule has 0 saturated heterocycles. The van der Waals surface area contributed by atoms with Gasteiger partial charge in [-0.05, 0) is 30.5 Å². The first-order valence-electron chi connectivity index (χ1n) is 5.66. The molecule has 1 heterocycles. The summed E-state index contributed by atoms with van der Waals surface area (Å²) < 4.78 is 13.0. The quantitative estimate of drug-likeness (QED) is 0.755. The lowest BCUT2D eigenvalue weighted by atomic mass is 10.1. The van der Waals surface area contributed by atoms with E-state index in [1.54, 1.807) is 0 Å². The summed E-state index contributed by atoms with van der Waals surface area (Å²) in [4.78, 5) is 25.0. The lowest BCUT2D eigenvalue weighted by molar-refractivity contribution is 0.0647. The van der Waals surface area contributed by atoms with Crippen molar-refractivity contribution in [3.05, 3.63) is 35.1 Å². The van der Waals surface area contributed by atoms with Gasteiger partial charge in [-0.2, -0.15) is 0 Å². The summed E-state index contributed by atoms with van der Waals surface area (Å²) >= 11 is 0. The van der Waals surface area contributed by atoms with Gasteiger partial charge in [-0.1, -0.05) is 13.8 Å². The largest absolute Gasteiger partial charge is 0.274 e. The van der Waals surface area contributed by atoms with Gasteiger partial charge in [0.25, 0.3) is 11.8 Å². The Kier molecular flexibility index (Phi) is 2.96. The van der Waals surface area contributed by atoms with Crippen LogP contribution < -0.4 is 0 Å². The lowest BCUT2D eigenvalue weighted by Crippen LogP contribution is -2.31. The summed E-state index contributed by atoms with van der Waals surface area (Å²) in [6, 6.07) is 3.71. The molecular weight excluding hydrogens is 221 g/mol. The fraction of sp³-hybridized carbons (Fsp3) is 0.385. The minimum atomic E-state index is -0.490. The first-order chi connectivity index (χ1) is 8.00. The molecule has 0 radical (unpaired) electrons. The Morgan fingerprint density at radius 3 is 2.47 bits per heavy atom. The predicted molar refractivity (Wildman–Crippen MR) is 61.2 cm³/mol. The molecule has 2 amide bonds. The van der Waals surface area contributed by atoms with Crippen molar-refractivity contribution >= 4 is 11.8 Å². The van der Waals surface area contributed by atoms with Crippen molar-refractivity contribution in [2.45, 2.75) is 20.3 Å². The Balaban J connectivity index is 2.26. The van der Waals surface area contributed by atoms with Crippen LogP contribution in [0.15, 0.2) is 18.2 Å². The number of fused-ring (bicyclic) bond motifs is 1. The molecule has 17 heavy (non-hydrogen) atoms. The number of nitrogens with zero attached hydrogens (tertiary/aromatic N) is 1. The van der Waals surface area contributed by atoms with Gasteiger partial charge < -0.3 is 0 Å². The first-order valence-corrected chi connectivity index (χ1v) is 5.66. The Hall–Kier alpha value is -1.71. The highest BCUT2D eigenvalue weighted by atomic mass is 19.1. The molecule has 1 aromatic rings. The van der Waals surface area contributed by atoms with Gasteiger partial charge in [-0.3, -0.25) is 14.5 Å². The Bertz CT molecular complexity index is 482. The molecule has 1 aromatic carbocycles. The molecule has 0 bridgehead atoms. The molecule has 1 aliphatic rings. The summed E-state index contributed by atoms with van der Waals surface area (Å²) in [5.74, 6) is -0.776. The van der Waals surface area contributed by atoms with Gasteiger partial charge in [0.15, 0.2) is 0 Å². The van der Waals surface area contributed by atoms with E-state index < -0.39 is 5.82 Å². The second kappa shape index (κ2) is 4.28. The highest BCUT2D eigenvalue weighted by molar-refractivity contribution is 6.21. The zero-order valence-corrected chi connectivity index (χ0v) is 9.87. The molecule has 0 aromatic heterocycles. The second-order valence-electron chi connectivity index (χ2n) is 4.63. The average molecular weight is 235 g/mol. The maximum absolute atomic E-state index is 13.0. The van der Waals surface area contributed by atoms with E-state index in [2.05, 4.69) is 0 Å². The molecule has 1 aliphatic heterocycles. The lowest BCUT2D eigenvalue weighted by Gasteiger charge is -2.14. The number of imide groups is 1. The average Bonchev–Trinajstić information content (AvgIpc) is 2.49. The number of hydrogen-bond donors (Lipinski definition) is 0. The molecule has 0 N–H and O–H groups in total. The van der Waals surface area contributed by atoms with Crippen molar-refractivity contribution in [2.24, 2.45) is 5.92 Å². The summed E-state index contributed by atoms with van der Waals surface area (Å²) in [6.45, 7) is 4.45. The van der Waals surface area contributed by atoms with Crippen molar-refractivity contribution < 1.29 is 14.0 Å². The van der Waals surface area contributed by atoms with Crippen LogP contribution in [0.1, 0.15) is 41.0 Å². The SMILES string of the molecule is CC(C)CCN1C(=O)c2ccc(F)cc2C1=O. The number of amides is 2. The van der Waals surface area contributed by atoms with Gasteiger partial charge in [-0.25, -0.2) is 4.39 Å². The van der Waals surface area contributed by atoms with Gasteiger partial charge in [0.2, 0.25) is 0 Å². The van der Waals surface area contributed by atoms with E-state index >= 15 is 0 Å². The van der Waals surface area contributed by atoms with Crippen LogP contribution in [0, 0.1) is 11.7 Å². The van der Waals surface area contributed by atoms with Crippen LogP contribution in [-0.4, -0.2) is 23.3 Å². The molecule has 2 rings (SSSR count). The van der Waals surface area contributed by atoms with Gasteiger partial charge in [0.1, 0.15) is 5.82 Å². The highest BCUT2D eigenvalue weighted by Crippen LogP contribution is 2.24. The number of carbonyl (C=O) groups is 2. The third-order valence-corrected chi connectivity index (χ3v) is 2.86. The van der Waals surface area contributed by atoms with E-state index in [0.717, 1.165) is 12.5 Å². The van der Waals surface area contributed by atoms with Crippen LogP contribution in [0.25, 0.3) is 0 Å². The molecular formula is C13H14FNO2. The van der Waals surface area contributed by atoms with Gasteiger partial charge in [-0.15, -0.1) is 0 Å². The Labute approximate surface area is 99.2 Å². The number of carbonyl (C=O) groups excluding carboxylic acids is 2.